The molecule has 41 heavy (non-hydrogen) atoms. The van der Waals surface area contributed by atoms with Crippen molar-refractivity contribution >= 4 is 5.97 Å². The van der Waals surface area contributed by atoms with Gasteiger partial charge in [0.25, 0.3) is 0 Å². The highest BCUT2D eigenvalue weighted by molar-refractivity contribution is 5.89. The number of rotatable bonds is 8. The van der Waals surface area contributed by atoms with Gasteiger partial charge in [0.1, 0.15) is 17.8 Å². The Morgan fingerprint density at radius 2 is 1.83 bits per heavy atom. The second-order valence-corrected chi connectivity index (χ2v) is 13.2. The largest absolute Gasteiger partial charge is 0.455 e. The van der Waals surface area contributed by atoms with Crippen LogP contribution < -0.4 is 0 Å². The molecule has 1 aromatic rings. The topological polar surface area (TPSA) is 107 Å². The van der Waals surface area contributed by atoms with Crippen molar-refractivity contribution in [2.75, 3.05) is 48.1 Å². The third-order valence-electron chi connectivity index (χ3n) is 12.2. The van der Waals surface area contributed by atoms with Crippen molar-refractivity contribution < 1.29 is 38.7 Å². The van der Waals surface area contributed by atoms with Gasteiger partial charge >= 0.3 is 5.97 Å². The zero-order valence-corrected chi connectivity index (χ0v) is 24.6. The second kappa shape index (κ2) is 9.58. The van der Waals surface area contributed by atoms with E-state index in [0.717, 1.165) is 12.1 Å². The lowest BCUT2D eigenvalue weighted by molar-refractivity contribution is -0.275. The van der Waals surface area contributed by atoms with Crippen LogP contribution in [-0.2, 0) is 23.7 Å². The monoisotopic (exact) mass is 569 g/mol. The molecule has 7 rings (SSSR count). The van der Waals surface area contributed by atoms with E-state index in [-0.39, 0.29) is 41.9 Å². The molecule has 0 aromatic heterocycles. The Hall–Kier alpha value is -1.85. The summed E-state index contributed by atoms with van der Waals surface area (Å²) in [5, 5.41) is 24.4. The molecule has 4 saturated carbocycles. The quantitative estimate of drug-likeness (QED) is 0.359. The first-order valence-corrected chi connectivity index (χ1v) is 15.0. The number of fused-ring (bicyclic) bond motifs is 2. The number of methoxy groups -OCH3 is 4. The molecule has 224 valence electrons. The normalized spacial score (nSPS) is 49.1. The standard InChI is InChI=1S/C32H43NO8/c1-6-33-15-30(16-37-2)20(34)13-22(39-4)32-19-14-31(36)21(38-3)12-18(24(27(32)33)25(40-5)26(30)32)23(19)28(31)41-29(35)17-10-8-7-9-11-17/h7-12,19-28,34,36H,6,13-16H2,1-5H3/t19-,20-,21-,22+,23-,24?,25+,26-,27-,28-,30+,31+,32+/m1/s1. The van der Waals surface area contributed by atoms with Gasteiger partial charge in [-0.15, -0.1) is 0 Å². The van der Waals surface area contributed by atoms with Gasteiger partial charge in [-0.25, -0.2) is 4.79 Å². The highest BCUT2D eigenvalue weighted by atomic mass is 16.6. The summed E-state index contributed by atoms with van der Waals surface area (Å²) in [5.41, 5.74) is -0.832. The minimum atomic E-state index is -1.40. The lowest BCUT2D eigenvalue weighted by Gasteiger charge is -2.68. The van der Waals surface area contributed by atoms with Crippen LogP contribution in [0.5, 0.6) is 0 Å². The Bertz CT molecular complexity index is 1230. The zero-order valence-electron chi connectivity index (χ0n) is 24.6. The Labute approximate surface area is 241 Å². The molecule has 9 nitrogen and oxygen atoms in total. The molecule has 1 aliphatic heterocycles. The van der Waals surface area contributed by atoms with Crippen LogP contribution in [0.2, 0.25) is 0 Å². The van der Waals surface area contributed by atoms with Crippen molar-refractivity contribution in [3.8, 4) is 0 Å². The molecule has 1 heterocycles. The zero-order chi connectivity index (χ0) is 28.9. The third kappa shape index (κ3) is 3.23. The maximum atomic E-state index is 13.5. The van der Waals surface area contributed by atoms with Crippen LogP contribution in [0.4, 0.5) is 0 Å². The van der Waals surface area contributed by atoms with Crippen molar-refractivity contribution in [1.29, 1.82) is 0 Å². The summed E-state index contributed by atoms with van der Waals surface area (Å²) in [7, 11) is 6.82. The first-order chi connectivity index (χ1) is 19.8. The number of carbonyl (C=O) groups excluding carboxylic acids is 1. The molecular formula is C32H43NO8. The van der Waals surface area contributed by atoms with Crippen molar-refractivity contribution in [2.24, 2.45) is 34.5 Å². The number of carbonyl (C=O) groups is 1. The first-order valence-electron chi connectivity index (χ1n) is 15.0. The average molecular weight is 570 g/mol. The number of benzene rings is 1. The summed E-state index contributed by atoms with van der Waals surface area (Å²) in [6.07, 6.45) is 0.461. The highest BCUT2D eigenvalue weighted by Crippen LogP contribution is 2.78. The molecule has 0 radical (unpaired) electrons. The molecule has 1 saturated heterocycles. The Kier molecular flexibility index (Phi) is 6.53. The maximum Gasteiger partial charge on any atom is 0.338 e. The van der Waals surface area contributed by atoms with Gasteiger partial charge in [0.2, 0.25) is 0 Å². The number of ether oxygens (including phenoxy) is 5. The smallest absolute Gasteiger partial charge is 0.338 e. The van der Waals surface area contributed by atoms with Crippen LogP contribution in [0.3, 0.4) is 0 Å². The number of hydrogen-bond donors (Lipinski definition) is 2. The van der Waals surface area contributed by atoms with E-state index in [1.54, 1.807) is 40.6 Å². The summed E-state index contributed by atoms with van der Waals surface area (Å²) >= 11 is 0. The number of esters is 1. The van der Waals surface area contributed by atoms with Crippen LogP contribution in [0.25, 0.3) is 0 Å². The number of hydrogen-bond acceptors (Lipinski definition) is 9. The lowest BCUT2D eigenvalue weighted by Crippen LogP contribution is -2.76. The van der Waals surface area contributed by atoms with E-state index in [1.807, 2.05) is 18.2 Å². The fraction of sp³-hybridized carbons (Fsp3) is 0.719. The summed E-state index contributed by atoms with van der Waals surface area (Å²) < 4.78 is 31.0. The van der Waals surface area contributed by atoms with E-state index in [9.17, 15) is 15.0 Å². The number of aliphatic hydroxyl groups is 2. The highest BCUT2D eigenvalue weighted by Gasteiger charge is 2.85. The molecule has 13 atom stereocenters. The van der Waals surface area contributed by atoms with E-state index in [0.29, 0.717) is 31.6 Å². The fourth-order valence-corrected chi connectivity index (χ4v) is 11.2. The van der Waals surface area contributed by atoms with Crippen LogP contribution in [0.1, 0.15) is 30.1 Å². The number of piperidine rings is 1. The second-order valence-electron chi connectivity index (χ2n) is 13.2. The SMILES string of the molecule is CCN1C[C@]2(COC)[C@H](O)C[C@H](OC)[C@@]34[C@@H]5C[C@@]6(O)[C@H](OC(=O)c7ccccc7)[C@@H]5C(=C[C@H]6OC)C([C@H](OC)[C@H]23)[C@@H]14. The van der Waals surface area contributed by atoms with E-state index < -0.39 is 40.7 Å². The Morgan fingerprint density at radius 3 is 2.46 bits per heavy atom. The van der Waals surface area contributed by atoms with Gasteiger partial charge in [0.05, 0.1) is 30.5 Å². The Balaban J connectivity index is 1.44. The van der Waals surface area contributed by atoms with Crippen LogP contribution in [0, 0.1) is 34.5 Å². The van der Waals surface area contributed by atoms with Gasteiger partial charge in [-0.1, -0.05) is 36.8 Å². The van der Waals surface area contributed by atoms with Gasteiger partial charge in [-0.3, -0.25) is 4.90 Å². The molecule has 1 spiro atoms. The van der Waals surface area contributed by atoms with E-state index in [4.69, 9.17) is 23.7 Å². The summed E-state index contributed by atoms with van der Waals surface area (Å²) in [6.45, 7) is 4.08. The van der Waals surface area contributed by atoms with Crippen molar-refractivity contribution in [1.82, 2.24) is 4.90 Å². The molecular weight excluding hydrogens is 526 g/mol. The van der Waals surface area contributed by atoms with E-state index in [1.165, 1.54) is 0 Å². The minimum Gasteiger partial charge on any atom is -0.455 e. The van der Waals surface area contributed by atoms with Gasteiger partial charge in [-0.05, 0) is 31.0 Å². The van der Waals surface area contributed by atoms with E-state index >= 15 is 0 Å². The predicted molar refractivity (Wildman–Crippen MR) is 148 cm³/mol. The van der Waals surface area contributed by atoms with Gasteiger partial charge in [0, 0.05) is 76.0 Å². The molecule has 5 fully saturated rings. The van der Waals surface area contributed by atoms with Gasteiger partial charge in [0.15, 0.2) is 0 Å². The molecule has 7 bridgehead atoms. The fourth-order valence-electron chi connectivity index (χ4n) is 11.2. The molecule has 1 unspecified atom stereocenters. The number of nitrogens with zero attached hydrogens (tertiary/aromatic N) is 1. The number of aliphatic hydroxyl groups excluding tert-OH is 1. The predicted octanol–water partition coefficient (Wildman–Crippen LogP) is 1.91. The van der Waals surface area contributed by atoms with Gasteiger partial charge in [-0.2, -0.15) is 0 Å². The minimum absolute atomic E-state index is 0.0360. The molecule has 1 aromatic carbocycles. The average Bonchev–Trinajstić information content (AvgIpc) is 3.32. The maximum absolute atomic E-state index is 13.5. The van der Waals surface area contributed by atoms with Crippen LogP contribution in [0.15, 0.2) is 42.0 Å². The van der Waals surface area contributed by atoms with Crippen molar-refractivity contribution in [3.05, 3.63) is 47.5 Å². The van der Waals surface area contributed by atoms with Crippen LogP contribution >= 0.6 is 0 Å². The van der Waals surface area contributed by atoms with Crippen LogP contribution in [-0.4, -0.2) is 111 Å². The lowest BCUT2D eigenvalue weighted by atomic mass is 9.43. The van der Waals surface area contributed by atoms with Crippen molar-refractivity contribution in [2.45, 2.75) is 61.9 Å². The summed E-state index contributed by atoms with van der Waals surface area (Å²) in [5.74, 6) is -0.853. The first kappa shape index (κ1) is 28.0. The molecule has 0 amide bonds. The third-order valence-corrected chi connectivity index (χ3v) is 12.2. The Morgan fingerprint density at radius 1 is 1.07 bits per heavy atom. The molecule has 9 heteroatoms. The molecule has 5 aliphatic carbocycles. The molecule has 6 aliphatic rings. The summed E-state index contributed by atoms with van der Waals surface area (Å²) in [6, 6.07) is 9.04. The van der Waals surface area contributed by atoms with Gasteiger partial charge < -0.3 is 33.9 Å². The summed E-state index contributed by atoms with van der Waals surface area (Å²) in [4.78, 5) is 16.0. The van der Waals surface area contributed by atoms with E-state index in [2.05, 4.69) is 17.9 Å². The number of likely N-dealkylation sites (tertiary alicyclic amines) is 1. The van der Waals surface area contributed by atoms with Crippen molar-refractivity contribution in [3.63, 3.8) is 0 Å². The molecule has 2 N–H and O–H groups in total.